The molecule has 1 saturated heterocycles. The van der Waals surface area contributed by atoms with Crippen molar-refractivity contribution < 1.29 is 19.1 Å². The second-order valence-corrected chi connectivity index (χ2v) is 5.88. The normalized spacial score (nSPS) is 15.3. The topological polar surface area (TPSA) is 88.4 Å². The average Bonchev–Trinajstić information content (AvgIpc) is 2.61. The second kappa shape index (κ2) is 9.08. The lowest BCUT2D eigenvalue weighted by Gasteiger charge is -2.47. The summed E-state index contributed by atoms with van der Waals surface area (Å²) >= 11 is 0. The van der Waals surface area contributed by atoms with Gasteiger partial charge in [0, 0.05) is 23.7 Å². The lowest BCUT2D eigenvalue weighted by molar-refractivity contribution is -0.153. The van der Waals surface area contributed by atoms with E-state index in [-0.39, 0.29) is 14.1 Å². The third kappa shape index (κ3) is 4.25. The van der Waals surface area contributed by atoms with E-state index >= 15 is 0 Å². The van der Waals surface area contributed by atoms with Crippen LogP contribution in [-0.2, 0) is 14.3 Å². The molecule has 1 amide bonds. The molecular weight excluding hydrogens is 331 g/mol. The lowest BCUT2D eigenvalue weighted by Crippen LogP contribution is -2.66. The van der Waals surface area contributed by atoms with Crippen LogP contribution < -0.4 is 5.32 Å². The van der Waals surface area contributed by atoms with Crippen molar-refractivity contribution in [1.29, 1.82) is 5.26 Å². The van der Waals surface area contributed by atoms with E-state index in [0.29, 0.717) is 30.4 Å². The van der Waals surface area contributed by atoms with Crippen LogP contribution in [0.1, 0.15) is 30.3 Å². The fourth-order valence-corrected chi connectivity index (χ4v) is 3.05. The van der Waals surface area contributed by atoms with Crippen molar-refractivity contribution in [3.05, 3.63) is 35.4 Å². The van der Waals surface area contributed by atoms with Gasteiger partial charge in [-0.05, 0) is 43.8 Å². The number of hydrogen-bond acceptors (Lipinski definition) is 5. The number of hydrogen-bond donors (Lipinski definition) is 1. The van der Waals surface area contributed by atoms with Gasteiger partial charge in [-0.3, -0.25) is 4.79 Å². The van der Waals surface area contributed by atoms with Crippen molar-refractivity contribution in [2.45, 2.75) is 38.6 Å². The lowest BCUT2D eigenvalue weighted by atomic mass is 9.30. The van der Waals surface area contributed by atoms with Gasteiger partial charge in [-0.15, -0.1) is 6.42 Å². The summed E-state index contributed by atoms with van der Waals surface area (Å²) in [6, 6.07) is 5.49. The monoisotopic (exact) mass is 354 g/mol. The van der Waals surface area contributed by atoms with Crippen molar-refractivity contribution in [3.8, 4) is 18.3 Å². The number of ether oxygens (including phenoxy) is 2. The van der Waals surface area contributed by atoms with Crippen LogP contribution >= 0.6 is 0 Å². The quantitative estimate of drug-likeness (QED) is 0.479. The molecule has 0 spiro atoms. The van der Waals surface area contributed by atoms with Crippen LogP contribution in [0.25, 0.3) is 0 Å². The molecule has 1 aliphatic heterocycles. The summed E-state index contributed by atoms with van der Waals surface area (Å²) in [6.45, 7) is 1.96. The highest BCUT2D eigenvalue weighted by atomic mass is 16.5. The van der Waals surface area contributed by atoms with E-state index in [1.165, 1.54) is 7.11 Å². The largest absolute Gasteiger partial charge is 0.467 e. The number of carbonyl (C=O) groups excluding carboxylic acids is 2. The van der Waals surface area contributed by atoms with E-state index in [0.717, 1.165) is 0 Å². The molecule has 0 radical (unpaired) electrons. The summed E-state index contributed by atoms with van der Waals surface area (Å²) in [5.41, 5.74) is 0.106. The molecule has 136 valence electrons. The second-order valence-electron chi connectivity index (χ2n) is 5.88. The van der Waals surface area contributed by atoms with Gasteiger partial charge in [0.05, 0.1) is 12.7 Å². The van der Waals surface area contributed by atoms with Gasteiger partial charge in [0.25, 0.3) is 12.6 Å². The molecular formula is C19H23BN2O4. The van der Waals surface area contributed by atoms with Gasteiger partial charge in [0.2, 0.25) is 0 Å². The zero-order valence-electron chi connectivity index (χ0n) is 14.2. The molecule has 0 aromatic heterocycles. The molecule has 1 aromatic rings. The van der Waals surface area contributed by atoms with E-state index < -0.39 is 23.5 Å². The van der Waals surface area contributed by atoms with Crippen molar-refractivity contribution >= 4 is 18.6 Å². The molecule has 0 aliphatic carbocycles. The maximum Gasteiger partial charge on any atom is 0.331 e. The Balaban J connectivity index is 0.00000338. The molecule has 1 unspecified atom stereocenters. The van der Waals surface area contributed by atoms with Gasteiger partial charge in [0.1, 0.15) is 0 Å². The standard InChI is InChI=1S/C18H19BN2O4.CH4/c1-4-13-6-8-14(9-7-13)16(22)21-15(17(23)24-3)18(25-5-2)10-19(11-18)12-20;/h1,6-9,15H,5,10-11H2,2-3H3,(H,21,22);1H4. The predicted molar refractivity (Wildman–Crippen MR) is 99.7 cm³/mol. The maximum atomic E-state index is 12.5. The zero-order valence-corrected chi connectivity index (χ0v) is 14.2. The highest BCUT2D eigenvalue weighted by molar-refractivity contribution is 6.70. The fraction of sp³-hybridized carbons (Fsp3) is 0.421. The van der Waals surface area contributed by atoms with E-state index in [1.54, 1.807) is 31.2 Å². The number of methoxy groups -OCH3 is 1. The van der Waals surface area contributed by atoms with Crippen LogP contribution in [0, 0.1) is 23.6 Å². The van der Waals surface area contributed by atoms with Crippen LogP contribution in [-0.4, -0.2) is 43.9 Å². The third-order valence-corrected chi connectivity index (χ3v) is 4.35. The number of nitriles is 1. The first-order chi connectivity index (χ1) is 12.0. The van der Waals surface area contributed by atoms with Gasteiger partial charge in [-0.25, -0.2) is 10.1 Å². The number of esters is 1. The van der Waals surface area contributed by atoms with Gasteiger partial charge >= 0.3 is 5.97 Å². The third-order valence-electron chi connectivity index (χ3n) is 4.35. The summed E-state index contributed by atoms with van der Waals surface area (Å²) in [7, 11) is 1.25. The molecule has 6 nitrogen and oxygen atoms in total. The summed E-state index contributed by atoms with van der Waals surface area (Å²) in [4.78, 5) is 24.8. The Morgan fingerprint density at radius 3 is 2.46 bits per heavy atom. The predicted octanol–water partition coefficient (Wildman–Crippen LogP) is 1.92. The Hall–Kier alpha value is -2.77. The first-order valence-corrected chi connectivity index (χ1v) is 7.98. The van der Waals surface area contributed by atoms with Crippen molar-refractivity contribution in [2.75, 3.05) is 13.7 Å². The minimum absolute atomic E-state index is 0. The van der Waals surface area contributed by atoms with E-state index in [1.807, 2.05) is 0 Å². The Kier molecular flexibility index (Phi) is 7.43. The maximum absolute atomic E-state index is 12.5. The summed E-state index contributed by atoms with van der Waals surface area (Å²) in [5, 5.41) is 11.7. The van der Waals surface area contributed by atoms with Gasteiger partial charge in [0.15, 0.2) is 6.04 Å². The van der Waals surface area contributed by atoms with Gasteiger partial charge < -0.3 is 14.8 Å². The Morgan fingerprint density at radius 1 is 1.38 bits per heavy atom. The first kappa shape index (κ1) is 21.3. The van der Waals surface area contributed by atoms with Crippen molar-refractivity contribution in [1.82, 2.24) is 5.32 Å². The number of rotatable bonds is 6. The van der Waals surface area contributed by atoms with Crippen molar-refractivity contribution in [3.63, 3.8) is 0 Å². The summed E-state index contributed by atoms with van der Waals surface area (Å²) in [6.07, 6.45) is 6.04. The molecule has 0 bridgehead atoms. The SMILES string of the molecule is C.C#Cc1ccc(C(=O)NC(C(=O)OC)C2(OCC)CB(C#N)C2)cc1. The number of nitrogens with one attached hydrogen (secondary N) is 1. The Bertz CT molecular complexity index is 727. The van der Waals surface area contributed by atoms with Crippen LogP contribution in [0.3, 0.4) is 0 Å². The molecule has 1 N–H and O–H groups in total. The molecule has 1 atom stereocenters. The van der Waals surface area contributed by atoms with E-state index in [9.17, 15) is 9.59 Å². The smallest absolute Gasteiger partial charge is 0.331 e. The number of amides is 1. The fourth-order valence-electron chi connectivity index (χ4n) is 3.05. The van der Waals surface area contributed by atoms with Crippen molar-refractivity contribution in [2.24, 2.45) is 0 Å². The Labute approximate surface area is 154 Å². The average molecular weight is 354 g/mol. The Morgan fingerprint density at radius 2 is 2.00 bits per heavy atom. The van der Waals surface area contributed by atoms with Gasteiger partial charge in [-0.1, -0.05) is 13.3 Å². The number of terminal acetylenes is 1. The van der Waals surface area contributed by atoms with E-state index in [2.05, 4.69) is 17.2 Å². The number of carbonyl (C=O) groups is 2. The molecule has 1 aromatic carbocycles. The highest BCUT2D eigenvalue weighted by Gasteiger charge is 2.56. The number of nitrogens with zero attached hydrogens (tertiary/aromatic N) is 1. The molecule has 1 aliphatic rings. The van der Waals surface area contributed by atoms with Crippen LogP contribution in [0.5, 0.6) is 0 Å². The molecule has 1 fully saturated rings. The van der Waals surface area contributed by atoms with Crippen LogP contribution in [0.2, 0.25) is 12.6 Å². The van der Waals surface area contributed by atoms with Crippen LogP contribution in [0.4, 0.5) is 0 Å². The van der Waals surface area contributed by atoms with Crippen LogP contribution in [0.15, 0.2) is 24.3 Å². The highest BCUT2D eigenvalue weighted by Crippen LogP contribution is 2.40. The number of benzene rings is 1. The van der Waals surface area contributed by atoms with E-state index in [4.69, 9.17) is 21.2 Å². The summed E-state index contributed by atoms with van der Waals surface area (Å²) < 4.78 is 10.6. The minimum atomic E-state index is -0.984. The molecule has 0 saturated carbocycles. The molecule has 2 rings (SSSR count). The first-order valence-electron chi connectivity index (χ1n) is 7.98. The molecule has 26 heavy (non-hydrogen) atoms. The summed E-state index contributed by atoms with van der Waals surface area (Å²) in [5.74, 6) is 3.61. The zero-order chi connectivity index (χ0) is 18.4. The van der Waals surface area contributed by atoms with Gasteiger partial charge in [-0.2, -0.15) is 0 Å². The molecule has 7 heteroatoms. The molecule has 1 heterocycles. The minimum Gasteiger partial charge on any atom is -0.467 e.